The summed E-state index contributed by atoms with van der Waals surface area (Å²) in [5.41, 5.74) is 14.5. The molecule has 178 valence electrons. The van der Waals surface area contributed by atoms with Crippen LogP contribution in [0, 0.1) is 0 Å². The second-order valence-corrected chi connectivity index (χ2v) is 8.95. The molecule has 0 radical (unpaired) electrons. The van der Waals surface area contributed by atoms with Crippen molar-refractivity contribution in [2.24, 2.45) is 5.11 Å². The third-order valence-electron chi connectivity index (χ3n) is 5.05. The van der Waals surface area contributed by atoms with Crippen molar-refractivity contribution in [2.45, 2.75) is 44.2 Å². The van der Waals surface area contributed by atoms with Gasteiger partial charge in [0.15, 0.2) is 17.4 Å². The summed E-state index contributed by atoms with van der Waals surface area (Å²) in [4.78, 5) is 31.8. The van der Waals surface area contributed by atoms with Crippen molar-refractivity contribution in [3.05, 3.63) is 16.8 Å². The Balaban J connectivity index is 0.000000968. The fraction of sp³-hybridized carbons (Fsp3) is 0.625. The summed E-state index contributed by atoms with van der Waals surface area (Å²) in [6.07, 6.45) is 0.107. The van der Waals surface area contributed by atoms with Gasteiger partial charge in [-0.25, -0.2) is 14.6 Å². The first-order valence-corrected chi connectivity index (χ1v) is 11.2. The average Bonchev–Trinajstić information content (AvgIpc) is 3.31. The van der Waals surface area contributed by atoms with Gasteiger partial charge in [-0.3, -0.25) is 13.6 Å². The molecule has 2 aromatic rings. The topological polar surface area (TPSA) is 219 Å². The number of nitrogens with two attached hydrogens (primary N) is 1. The van der Waals surface area contributed by atoms with Crippen LogP contribution in [-0.4, -0.2) is 63.7 Å². The molecule has 3 N–H and O–H groups in total. The molecule has 16 nitrogen and oxygen atoms in total. The van der Waals surface area contributed by atoms with Gasteiger partial charge in [0.05, 0.1) is 20.0 Å². The first-order valence-electron chi connectivity index (χ1n) is 9.70. The fourth-order valence-corrected chi connectivity index (χ4v) is 5.36. The summed E-state index contributed by atoms with van der Waals surface area (Å²) in [6.45, 7) is 4.03. The lowest BCUT2D eigenvalue weighted by Gasteiger charge is -2.36. The van der Waals surface area contributed by atoms with Gasteiger partial charge in [0.25, 0.3) is 0 Å². The normalized spacial score (nSPS) is 30.5. The molecule has 2 fully saturated rings. The highest BCUT2D eigenvalue weighted by Crippen LogP contribution is 2.56. The zero-order valence-electron chi connectivity index (χ0n) is 17.9. The van der Waals surface area contributed by atoms with E-state index in [0.717, 1.165) is 6.42 Å². The van der Waals surface area contributed by atoms with Crippen LogP contribution in [-0.2, 0) is 27.9 Å². The Hall–Kier alpha value is -3.09. The molecule has 0 amide bonds. The standard InChI is InChI=1S/C15H22N9O5P.CO2/c1-4-5-19-30(25)27-6-8-10(29-30)15(2,22-23-17)13(28-8)24-7-18-9-11(24)20-14(16)21-12(9)26-3;2-1-3/h7-8,10,13H,4-6H2,1-3H3,(H,19,25)(H2,16,20,21);/t8-,10-,13-,15-,30?;/m1./s1. The zero-order chi connectivity index (χ0) is 24.2. The molecule has 5 atom stereocenters. The number of azide groups is 1. The maximum Gasteiger partial charge on any atom is 0.405 e. The van der Waals surface area contributed by atoms with Crippen LogP contribution in [0.25, 0.3) is 21.6 Å². The number of hydrogen-bond donors (Lipinski definition) is 2. The Morgan fingerprint density at radius 1 is 1.52 bits per heavy atom. The maximum absolute atomic E-state index is 12.9. The quantitative estimate of drug-likeness (QED) is 0.257. The summed E-state index contributed by atoms with van der Waals surface area (Å²) in [5, 5.41) is 6.76. The lowest BCUT2D eigenvalue weighted by Crippen LogP contribution is -2.47. The van der Waals surface area contributed by atoms with Crippen molar-refractivity contribution in [3.8, 4) is 5.88 Å². The van der Waals surface area contributed by atoms with Crippen LogP contribution in [0.2, 0.25) is 0 Å². The van der Waals surface area contributed by atoms with E-state index in [4.69, 9.17) is 33.8 Å². The average molecular weight is 483 g/mol. The van der Waals surface area contributed by atoms with Crippen molar-refractivity contribution in [1.82, 2.24) is 24.6 Å². The zero-order valence-corrected chi connectivity index (χ0v) is 18.8. The number of methoxy groups -OCH3 is 1. The molecule has 4 rings (SSSR count). The van der Waals surface area contributed by atoms with Crippen LogP contribution in [0.4, 0.5) is 5.95 Å². The number of anilines is 1. The molecule has 0 aromatic carbocycles. The number of rotatable bonds is 6. The third kappa shape index (κ3) is 4.54. The summed E-state index contributed by atoms with van der Waals surface area (Å²) < 4.78 is 37.1. The molecule has 1 unspecified atom stereocenters. The van der Waals surface area contributed by atoms with E-state index in [9.17, 15) is 10.1 Å². The SMILES string of the molecule is CCCNP1(=O)OC[C@H]2O[C@@H](n3cnc4c(OC)nc(N)nc43)[C@](C)(N=[N+]=[N-])[C@@H]2O1.O=C=O. The molecule has 0 saturated carbocycles. The number of fused-ring (bicyclic) bond motifs is 2. The van der Waals surface area contributed by atoms with Gasteiger partial charge >= 0.3 is 13.9 Å². The molecule has 2 aliphatic rings. The van der Waals surface area contributed by atoms with E-state index >= 15 is 0 Å². The molecule has 17 heteroatoms. The maximum atomic E-state index is 12.9. The Labute approximate surface area is 187 Å². The lowest BCUT2D eigenvalue weighted by molar-refractivity contribution is -0.191. The fourth-order valence-electron chi connectivity index (χ4n) is 3.65. The summed E-state index contributed by atoms with van der Waals surface area (Å²) in [6, 6.07) is 0. The van der Waals surface area contributed by atoms with Crippen LogP contribution in [0.15, 0.2) is 11.4 Å². The van der Waals surface area contributed by atoms with Gasteiger partial charge in [-0.2, -0.15) is 19.6 Å². The van der Waals surface area contributed by atoms with Crippen molar-refractivity contribution in [2.75, 3.05) is 26.0 Å². The Kier molecular flexibility index (Phi) is 7.30. The molecular weight excluding hydrogens is 461 g/mol. The highest BCUT2D eigenvalue weighted by atomic mass is 31.2. The molecule has 2 aromatic heterocycles. The molecule has 33 heavy (non-hydrogen) atoms. The predicted octanol–water partition coefficient (Wildman–Crippen LogP) is 1.32. The summed E-state index contributed by atoms with van der Waals surface area (Å²) >= 11 is 0. The second-order valence-electron chi connectivity index (χ2n) is 7.17. The largest absolute Gasteiger partial charge is 0.479 e. The number of hydrogen-bond acceptors (Lipinski definition) is 12. The highest BCUT2D eigenvalue weighted by molar-refractivity contribution is 7.51. The van der Waals surface area contributed by atoms with Gasteiger partial charge in [0.2, 0.25) is 11.8 Å². The van der Waals surface area contributed by atoms with Crippen molar-refractivity contribution >= 4 is 31.0 Å². The number of ether oxygens (including phenoxy) is 2. The minimum absolute atomic E-state index is 0.00122. The Bertz CT molecular complexity index is 1150. The third-order valence-corrected chi connectivity index (χ3v) is 6.65. The van der Waals surface area contributed by atoms with E-state index in [-0.39, 0.29) is 24.6 Å². The molecular formula is C16H22N9O7P. The number of aromatic nitrogens is 4. The van der Waals surface area contributed by atoms with E-state index < -0.39 is 31.7 Å². The molecule has 0 bridgehead atoms. The second kappa shape index (κ2) is 9.81. The van der Waals surface area contributed by atoms with Crippen molar-refractivity contribution < 1.29 is 32.7 Å². The van der Waals surface area contributed by atoms with Gasteiger partial charge in [0, 0.05) is 11.5 Å². The summed E-state index contributed by atoms with van der Waals surface area (Å²) in [7, 11) is -2.14. The number of nitrogen functional groups attached to an aromatic ring is 1. The van der Waals surface area contributed by atoms with Crippen molar-refractivity contribution in [3.63, 3.8) is 0 Å². The number of imidazole rings is 1. The molecule has 2 saturated heterocycles. The Morgan fingerprint density at radius 3 is 2.88 bits per heavy atom. The van der Waals surface area contributed by atoms with E-state index in [0.29, 0.717) is 17.7 Å². The number of nitrogens with one attached hydrogen (secondary N) is 1. The Morgan fingerprint density at radius 2 is 2.24 bits per heavy atom. The lowest BCUT2D eigenvalue weighted by atomic mass is 9.93. The molecule has 0 spiro atoms. The smallest absolute Gasteiger partial charge is 0.405 e. The number of nitrogens with zero attached hydrogens (tertiary/aromatic N) is 7. The highest BCUT2D eigenvalue weighted by Gasteiger charge is 2.60. The van der Waals surface area contributed by atoms with Gasteiger partial charge in [-0.15, -0.1) is 0 Å². The van der Waals surface area contributed by atoms with E-state index in [1.54, 1.807) is 11.5 Å². The number of carbonyl (C=O) groups excluding carboxylic acids is 2. The van der Waals surface area contributed by atoms with Crippen LogP contribution >= 0.6 is 7.75 Å². The molecule has 2 aliphatic heterocycles. The van der Waals surface area contributed by atoms with Crippen LogP contribution in [0.5, 0.6) is 5.88 Å². The van der Waals surface area contributed by atoms with Crippen molar-refractivity contribution in [1.29, 1.82) is 0 Å². The first kappa shape index (κ1) is 24.6. The molecule has 4 heterocycles. The van der Waals surface area contributed by atoms with E-state index in [1.807, 2.05) is 6.92 Å². The first-order chi connectivity index (χ1) is 15.8. The summed E-state index contributed by atoms with van der Waals surface area (Å²) in [5.74, 6) is 0.180. The van der Waals surface area contributed by atoms with E-state index in [1.165, 1.54) is 13.4 Å². The van der Waals surface area contributed by atoms with Gasteiger partial charge < -0.3 is 15.2 Å². The van der Waals surface area contributed by atoms with E-state index in [2.05, 4.69) is 30.1 Å². The van der Waals surface area contributed by atoms with Crippen LogP contribution in [0.3, 0.4) is 0 Å². The molecule has 0 aliphatic carbocycles. The van der Waals surface area contributed by atoms with Gasteiger partial charge in [0.1, 0.15) is 17.7 Å². The predicted molar refractivity (Wildman–Crippen MR) is 109 cm³/mol. The minimum atomic E-state index is -3.58. The van der Waals surface area contributed by atoms with Crippen LogP contribution in [0.1, 0.15) is 26.5 Å². The monoisotopic (exact) mass is 483 g/mol. The van der Waals surface area contributed by atoms with Crippen LogP contribution < -0.4 is 15.6 Å². The minimum Gasteiger partial charge on any atom is -0.479 e. The van der Waals surface area contributed by atoms with Gasteiger partial charge in [-0.1, -0.05) is 12.0 Å². The van der Waals surface area contributed by atoms with Gasteiger partial charge in [-0.05, 0) is 18.9 Å².